The van der Waals surface area contributed by atoms with Crippen molar-refractivity contribution in [3.63, 3.8) is 0 Å². The lowest BCUT2D eigenvalue weighted by Crippen LogP contribution is -2.30. The highest BCUT2D eigenvalue weighted by molar-refractivity contribution is 5.93. The highest BCUT2D eigenvalue weighted by Gasteiger charge is 2.15. The van der Waals surface area contributed by atoms with E-state index in [1.54, 1.807) is 25.4 Å². The van der Waals surface area contributed by atoms with E-state index in [1.807, 2.05) is 61.5 Å². The van der Waals surface area contributed by atoms with Crippen LogP contribution in [0.5, 0.6) is 5.75 Å². The van der Waals surface area contributed by atoms with Gasteiger partial charge in [-0.25, -0.2) is 9.97 Å². The molecule has 2 aromatic heterocycles. The van der Waals surface area contributed by atoms with E-state index in [1.165, 1.54) is 0 Å². The lowest BCUT2D eigenvalue weighted by Gasteiger charge is -2.14. The summed E-state index contributed by atoms with van der Waals surface area (Å²) >= 11 is 0. The Labute approximate surface area is 168 Å². The van der Waals surface area contributed by atoms with E-state index in [-0.39, 0.29) is 5.91 Å². The van der Waals surface area contributed by atoms with Crippen LogP contribution in [0, 0.1) is 6.92 Å². The number of aryl methyl sites for hydroxylation is 1. The Morgan fingerprint density at radius 2 is 1.69 bits per heavy atom. The molecule has 0 fully saturated rings. The van der Waals surface area contributed by atoms with Gasteiger partial charge >= 0.3 is 0 Å². The van der Waals surface area contributed by atoms with Gasteiger partial charge in [-0.05, 0) is 61.9 Å². The molecule has 1 amide bonds. The van der Waals surface area contributed by atoms with Crippen molar-refractivity contribution in [1.29, 1.82) is 0 Å². The average Bonchev–Trinajstić information content (AvgIpc) is 2.75. The van der Waals surface area contributed by atoms with Gasteiger partial charge in [0.15, 0.2) is 6.10 Å². The fourth-order valence-electron chi connectivity index (χ4n) is 2.83. The second-order valence-electron chi connectivity index (χ2n) is 6.74. The Morgan fingerprint density at radius 3 is 2.41 bits per heavy atom. The number of anilines is 1. The number of hydrogen-bond acceptors (Lipinski definition) is 5. The minimum atomic E-state index is -0.663. The second-order valence-corrected chi connectivity index (χ2v) is 6.74. The maximum atomic E-state index is 12.3. The summed E-state index contributed by atoms with van der Waals surface area (Å²) in [7, 11) is 0. The highest BCUT2D eigenvalue weighted by atomic mass is 16.5. The Bertz CT molecular complexity index is 1140. The second kappa shape index (κ2) is 8.06. The molecule has 144 valence electrons. The van der Waals surface area contributed by atoms with Gasteiger partial charge in [-0.3, -0.25) is 9.78 Å². The largest absolute Gasteiger partial charge is 0.481 e. The first-order chi connectivity index (χ1) is 14.1. The van der Waals surface area contributed by atoms with E-state index in [0.29, 0.717) is 11.6 Å². The Hall–Kier alpha value is -3.80. The van der Waals surface area contributed by atoms with E-state index < -0.39 is 6.10 Å². The monoisotopic (exact) mass is 384 g/mol. The normalized spacial score (nSPS) is 11.8. The number of carbonyl (C=O) groups excluding carboxylic acids is 1. The third kappa shape index (κ3) is 4.38. The van der Waals surface area contributed by atoms with Crippen molar-refractivity contribution in [3.8, 4) is 17.0 Å². The fraction of sp³-hybridized carbons (Fsp3) is 0.130. The van der Waals surface area contributed by atoms with Gasteiger partial charge in [-0.2, -0.15) is 0 Å². The molecule has 2 heterocycles. The summed E-state index contributed by atoms with van der Waals surface area (Å²) in [6, 6.07) is 18.8. The van der Waals surface area contributed by atoms with Crippen LogP contribution in [-0.4, -0.2) is 27.0 Å². The first-order valence-electron chi connectivity index (χ1n) is 9.31. The summed E-state index contributed by atoms with van der Waals surface area (Å²) in [4.78, 5) is 25.6. The topological polar surface area (TPSA) is 77.0 Å². The summed E-state index contributed by atoms with van der Waals surface area (Å²) in [5.74, 6) is 0.842. The van der Waals surface area contributed by atoms with E-state index in [9.17, 15) is 4.79 Å². The molecule has 4 aromatic rings. The number of para-hydroxylation sites is 2. The molecule has 0 spiro atoms. The summed E-state index contributed by atoms with van der Waals surface area (Å²) in [6.07, 6.45) is 2.79. The van der Waals surface area contributed by atoms with Gasteiger partial charge in [0.05, 0.1) is 22.9 Å². The zero-order valence-corrected chi connectivity index (χ0v) is 16.2. The van der Waals surface area contributed by atoms with Crippen molar-refractivity contribution in [2.75, 3.05) is 5.32 Å². The lowest BCUT2D eigenvalue weighted by atomic mass is 10.1. The number of fused-ring (bicyclic) bond motifs is 1. The highest BCUT2D eigenvalue weighted by Crippen LogP contribution is 2.22. The maximum absolute atomic E-state index is 12.3. The van der Waals surface area contributed by atoms with E-state index in [0.717, 1.165) is 27.9 Å². The molecular weight excluding hydrogens is 364 g/mol. The van der Waals surface area contributed by atoms with Gasteiger partial charge in [-0.15, -0.1) is 0 Å². The Balaban J connectivity index is 1.43. The third-order valence-corrected chi connectivity index (χ3v) is 4.44. The minimum Gasteiger partial charge on any atom is -0.481 e. The van der Waals surface area contributed by atoms with Crippen LogP contribution in [0.2, 0.25) is 0 Å². The quantitative estimate of drug-likeness (QED) is 0.552. The van der Waals surface area contributed by atoms with Crippen LogP contribution >= 0.6 is 0 Å². The summed E-state index contributed by atoms with van der Waals surface area (Å²) in [6.45, 7) is 3.64. The zero-order valence-electron chi connectivity index (χ0n) is 16.2. The molecule has 6 heteroatoms. The molecule has 1 N–H and O–H groups in total. The zero-order chi connectivity index (χ0) is 20.2. The molecule has 1 unspecified atom stereocenters. The van der Waals surface area contributed by atoms with Gasteiger partial charge in [0.2, 0.25) is 0 Å². The number of hydrogen-bond donors (Lipinski definition) is 1. The molecule has 0 saturated heterocycles. The summed E-state index contributed by atoms with van der Waals surface area (Å²) < 4.78 is 5.76. The number of ether oxygens (including phenoxy) is 1. The van der Waals surface area contributed by atoms with Crippen molar-refractivity contribution in [2.45, 2.75) is 20.0 Å². The van der Waals surface area contributed by atoms with Gasteiger partial charge in [0.25, 0.3) is 5.91 Å². The number of amides is 1. The van der Waals surface area contributed by atoms with Gasteiger partial charge in [0.1, 0.15) is 11.6 Å². The number of carbonyl (C=O) groups is 1. The molecule has 0 aliphatic rings. The standard InChI is InChI=1S/C23H20N4O2/c1-15-7-12-22(25-13-15)27-23(28)16(2)29-18-10-8-17(9-11-18)21-14-24-19-5-3-4-6-20(19)26-21/h3-14,16H,1-2H3,(H,25,27,28). The molecule has 0 aliphatic carbocycles. The van der Waals surface area contributed by atoms with Crippen molar-refractivity contribution in [3.05, 3.63) is 78.6 Å². The third-order valence-electron chi connectivity index (χ3n) is 4.44. The first-order valence-corrected chi connectivity index (χ1v) is 9.31. The number of rotatable bonds is 5. The van der Waals surface area contributed by atoms with E-state index in [4.69, 9.17) is 4.74 Å². The molecule has 4 rings (SSSR count). The van der Waals surface area contributed by atoms with Crippen molar-refractivity contribution in [1.82, 2.24) is 15.0 Å². The van der Waals surface area contributed by atoms with Gasteiger partial charge in [0, 0.05) is 11.8 Å². The molecule has 6 nitrogen and oxygen atoms in total. The molecule has 0 radical (unpaired) electrons. The number of pyridine rings is 1. The van der Waals surface area contributed by atoms with Crippen molar-refractivity contribution in [2.24, 2.45) is 0 Å². The van der Waals surface area contributed by atoms with Gasteiger partial charge < -0.3 is 10.1 Å². The number of nitrogens with one attached hydrogen (secondary N) is 1. The molecule has 1 atom stereocenters. The van der Waals surface area contributed by atoms with Crippen molar-refractivity contribution >= 4 is 22.8 Å². The lowest BCUT2D eigenvalue weighted by molar-refractivity contribution is -0.122. The summed E-state index contributed by atoms with van der Waals surface area (Å²) in [5, 5.41) is 2.75. The van der Waals surface area contributed by atoms with Crippen molar-refractivity contribution < 1.29 is 9.53 Å². The summed E-state index contributed by atoms with van der Waals surface area (Å²) in [5.41, 5.74) is 4.45. The maximum Gasteiger partial charge on any atom is 0.266 e. The van der Waals surface area contributed by atoms with E-state index >= 15 is 0 Å². The molecule has 0 saturated carbocycles. The number of aromatic nitrogens is 3. The van der Waals surface area contributed by atoms with Crippen LogP contribution in [0.25, 0.3) is 22.3 Å². The van der Waals surface area contributed by atoms with Crippen LogP contribution in [0.4, 0.5) is 5.82 Å². The SMILES string of the molecule is Cc1ccc(NC(=O)C(C)Oc2ccc(-c3cnc4ccccc4n3)cc2)nc1. The molecule has 0 aliphatic heterocycles. The van der Waals surface area contributed by atoms with Crippen LogP contribution < -0.4 is 10.1 Å². The molecule has 2 aromatic carbocycles. The van der Waals surface area contributed by atoms with Crippen LogP contribution in [0.1, 0.15) is 12.5 Å². The molecular formula is C23H20N4O2. The first kappa shape index (κ1) is 18.6. The van der Waals surface area contributed by atoms with Crippen LogP contribution in [0.3, 0.4) is 0 Å². The molecule has 29 heavy (non-hydrogen) atoms. The predicted octanol–water partition coefficient (Wildman–Crippen LogP) is 4.41. The Morgan fingerprint density at radius 1 is 0.931 bits per heavy atom. The van der Waals surface area contributed by atoms with Crippen LogP contribution in [-0.2, 0) is 4.79 Å². The Kier molecular flexibility index (Phi) is 5.16. The minimum absolute atomic E-state index is 0.258. The average molecular weight is 384 g/mol. The van der Waals surface area contributed by atoms with Gasteiger partial charge in [-0.1, -0.05) is 18.2 Å². The molecule has 0 bridgehead atoms. The number of benzene rings is 2. The number of nitrogens with zero attached hydrogens (tertiary/aromatic N) is 3. The van der Waals surface area contributed by atoms with E-state index in [2.05, 4.69) is 20.3 Å². The van der Waals surface area contributed by atoms with Crippen LogP contribution in [0.15, 0.2) is 73.1 Å². The fourth-order valence-corrected chi connectivity index (χ4v) is 2.83. The smallest absolute Gasteiger partial charge is 0.266 e. The predicted molar refractivity (Wildman–Crippen MR) is 113 cm³/mol.